The van der Waals surface area contributed by atoms with E-state index in [1.807, 2.05) is 13.8 Å². The van der Waals surface area contributed by atoms with Crippen molar-refractivity contribution in [2.24, 2.45) is 5.92 Å². The zero-order chi connectivity index (χ0) is 13.9. The Morgan fingerprint density at radius 2 is 2.00 bits per heavy atom. The van der Waals surface area contributed by atoms with Crippen LogP contribution in [0.1, 0.15) is 31.4 Å². The molecular weight excluding hydrogens is 264 g/mol. The average Bonchev–Trinajstić information content (AvgIpc) is 2.28. The average molecular weight is 278 g/mol. The summed E-state index contributed by atoms with van der Waals surface area (Å²) < 4.78 is 25.7. The van der Waals surface area contributed by atoms with Gasteiger partial charge in [0.05, 0.1) is 4.92 Å². The SMILES string of the molecule is CC(C)C(Cl)Cc1ccc([N+](=O)[O-])cc1C(F)F. The first-order valence-electron chi connectivity index (χ1n) is 5.52. The predicted octanol–water partition coefficient (Wildman–Crippen LogP) is 4.34. The maximum absolute atomic E-state index is 12.9. The van der Waals surface area contributed by atoms with E-state index in [0.29, 0.717) is 5.56 Å². The van der Waals surface area contributed by atoms with Crippen LogP contribution in [0.2, 0.25) is 0 Å². The molecule has 0 saturated carbocycles. The third-order valence-electron chi connectivity index (χ3n) is 2.71. The molecule has 1 unspecified atom stereocenters. The topological polar surface area (TPSA) is 43.1 Å². The van der Waals surface area contributed by atoms with Crippen molar-refractivity contribution in [1.82, 2.24) is 0 Å². The summed E-state index contributed by atoms with van der Waals surface area (Å²) in [7, 11) is 0. The highest BCUT2D eigenvalue weighted by molar-refractivity contribution is 6.20. The monoisotopic (exact) mass is 277 g/mol. The van der Waals surface area contributed by atoms with E-state index in [4.69, 9.17) is 11.6 Å². The molecule has 0 aliphatic carbocycles. The predicted molar refractivity (Wildman–Crippen MR) is 66.2 cm³/mol. The first-order valence-corrected chi connectivity index (χ1v) is 5.96. The molecule has 6 heteroatoms. The fourth-order valence-corrected chi connectivity index (χ4v) is 1.70. The number of rotatable bonds is 5. The number of hydrogen-bond acceptors (Lipinski definition) is 2. The van der Waals surface area contributed by atoms with Gasteiger partial charge in [0.15, 0.2) is 0 Å². The van der Waals surface area contributed by atoms with Gasteiger partial charge in [0.25, 0.3) is 12.1 Å². The van der Waals surface area contributed by atoms with Crippen molar-refractivity contribution in [3.8, 4) is 0 Å². The van der Waals surface area contributed by atoms with E-state index in [1.165, 1.54) is 12.1 Å². The molecule has 0 aromatic heterocycles. The van der Waals surface area contributed by atoms with Gasteiger partial charge in [-0.1, -0.05) is 19.9 Å². The number of alkyl halides is 3. The molecule has 1 rings (SSSR count). The number of benzene rings is 1. The molecule has 100 valence electrons. The molecule has 0 aliphatic heterocycles. The quantitative estimate of drug-likeness (QED) is 0.456. The van der Waals surface area contributed by atoms with E-state index >= 15 is 0 Å². The molecule has 1 atom stereocenters. The summed E-state index contributed by atoms with van der Waals surface area (Å²) >= 11 is 6.05. The van der Waals surface area contributed by atoms with Crippen molar-refractivity contribution in [3.63, 3.8) is 0 Å². The van der Waals surface area contributed by atoms with E-state index in [2.05, 4.69) is 0 Å². The highest BCUT2D eigenvalue weighted by Crippen LogP contribution is 2.29. The zero-order valence-corrected chi connectivity index (χ0v) is 10.8. The minimum atomic E-state index is -2.74. The molecule has 0 spiro atoms. The largest absolute Gasteiger partial charge is 0.269 e. The summed E-state index contributed by atoms with van der Waals surface area (Å²) in [6, 6.07) is 3.51. The van der Waals surface area contributed by atoms with Crippen LogP contribution in [-0.2, 0) is 6.42 Å². The molecule has 0 saturated heterocycles. The standard InChI is InChI=1S/C12H14ClF2NO2/c1-7(2)11(13)5-8-3-4-9(16(17)18)6-10(8)12(14)15/h3-4,6-7,11-12H,5H2,1-2H3. The van der Waals surface area contributed by atoms with Crippen LogP contribution >= 0.6 is 11.6 Å². The van der Waals surface area contributed by atoms with Crippen molar-refractivity contribution >= 4 is 17.3 Å². The second-order valence-electron chi connectivity index (χ2n) is 4.41. The van der Waals surface area contributed by atoms with Gasteiger partial charge in [0.2, 0.25) is 0 Å². The van der Waals surface area contributed by atoms with Crippen molar-refractivity contribution < 1.29 is 13.7 Å². The van der Waals surface area contributed by atoms with E-state index in [1.54, 1.807) is 0 Å². The molecule has 3 nitrogen and oxygen atoms in total. The fraction of sp³-hybridized carbons (Fsp3) is 0.500. The summed E-state index contributed by atoms with van der Waals surface area (Å²) in [4.78, 5) is 9.87. The van der Waals surface area contributed by atoms with Gasteiger partial charge in [-0.05, 0) is 17.9 Å². The molecule has 0 N–H and O–H groups in total. The molecule has 1 aromatic rings. The van der Waals surface area contributed by atoms with Gasteiger partial charge in [-0.25, -0.2) is 8.78 Å². The lowest BCUT2D eigenvalue weighted by Crippen LogP contribution is -2.12. The van der Waals surface area contributed by atoms with Crippen LogP contribution in [0.4, 0.5) is 14.5 Å². The minimum Gasteiger partial charge on any atom is -0.258 e. The Bertz CT molecular complexity index is 438. The Labute approximate surface area is 109 Å². The zero-order valence-electron chi connectivity index (χ0n) is 10.1. The summed E-state index contributed by atoms with van der Waals surface area (Å²) in [6.45, 7) is 3.79. The second kappa shape index (κ2) is 6.09. The molecule has 0 aliphatic rings. The Hall–Kier alpha value is -1.23. The molecule has 0 radical (unpaired) electrons. The molecular formula is C12H14ClF2NO2. The molecule has 0 heterocycles. The van der Waals surface area contributed by atoms with E-state index < -0.39 is 11.3 Å². The normalized spacial score (nSPS) is 13.1. The highest BCUT2D eigenvalue weighted by atomic mass is 35.5. The maximum atomic E-state index is 12.9. The van der Waals surface area contributed by atoms with Crippen LogP contribution in [0, 0.1) is 16.0 Å². The fourth-order valence-electron chi connectivity index (χ4n) is 1.53. The molecule has 0 fully saturated rings. The van der Waals surface area contributed by atoms with Crippen LogP contribution in [0.5, 0.6) is 0 Å². The van der Waals surface area contributed by atoms with E-state index in [9.17, 15) is 18.9 Å². The molecule has 18 heavy (non-hydrogen) atoms. The lowest BCUT2D eigenvalue weighted by Gasteiger charge is -2.15. The van der Waals surface area contributed by atoms with Gasteiger partial charge in [-0.15, -0.1) is 11.6 Å². The number of nitrogens with zero attached hydrogens (tertiary/aromatic N) is 1. The van der Waals surface area contributed by atoms with Gasteiger partial charge in [-0.3, -0.25) is 10.1 Å². The molecule has 0 amide bonds. The lowest BCUT2D eigenvalue weighted by atomic mass is 9.97. The number of hydrogen-bond donors (Lipinski definition) is 0. The van der Waals surface area contributed by atoms with Crippen LogP contribution in [0.3, 0.4) is 0 Å². The van der Waals surface area contributed by atoms with Gasteiger partial charge >= 0.3 is 0 Å². The first-order chi connectivity index (χ1) is 8.32. The van der Waals surface area contributed by atoms with Gasteiger partial charge in [-0.2, -0.15) is 0 Å². The Morgan fingerprint density at radius 1 is 1.39 bits per heavy atom. The smallest absolute Gasteiger partial charge is 0.258 e. The summed E-state index contributed by atoms with van der Waals surface area (Å²) in [5.74, 6) is 0.146. The Kier molecular flexibility index (Phi) is 5.02. The van der Waals surface area contributed by atoms with Gasteiger partial charge in [0, 0.05) is 23.1 Å². The van der Waals surface area contributed by atoms with Gasteiger partial charge < -0.3 is 0 Å². The third-order valence-corrected chi connectivity index (χ3v) is 3.37. The number of nitro groups is 1. The van der Waals surface area contributed by atoms with Crippen molar-refractivity contribution in [1.29, 1.82) is 0 Å². The maximum Gasteiger partial charge on any atom is 0.269 e. The van der Waals surface area contributed by atoms with Gasteiger partial charge in [0.1, 0.15) is 0 Å². The van der Waals surface area contributed by atoms with Crippen molar-refractivity contribution in [2.45, 2.75) is 32.1 Å². The molecule has 1 aromatic carbocycles. The van der Waals surface area contributed by atoms with Crippen LogP contribution in [0.15, 0.2) is 18.2 Å². The highest BCUT2D eigenvalue weighted by Gasteiger charge is 2.20. The lowest BCUT2D eigenvalue weighted by molar-refractivity contribution is -0.385. The van der Waals surface area contributed by atoms with Crippen molar-refractivity contribution in [3.05, 3.63) is 39.4 Å². The minimum absolute atomic E-state index is 0.146. The van der Waals surface area contributed by atoms with E-state index in [-0.39, 0.29) is 29.0 Å². The number of halogens is 3. The molecule has 0 bridgehead atoms. The second-order valence-corrected chi connectivity index (χ2v) is 4.97. The first kappa shape index (κ1) is 14.8. The summed E-state index contributed by atoms with van der Waals surface area (Å²) in [5, 5.41) is 10.3. The number of non-ortho nitro benzene ring substituents is 1. The summed E-state index contributed by atoms with van der Waals surface area (Å²) in [6.07, 6.45) is -2.47. The van der Waals surface area contributed by atoms with Crippen LogP contribution in [0.25, 0.3) is 0 Å². The van der Waals surface area contributed by atoms with E-state index in [0.717, 1.165) is 6.07 Å². The Balaban J connectivity index is 3.08. The third kappa shape index (κ3) is 3.63. The van der Waals surface area contributed by atoms with Crippen LogP contribution in [-0.4, -0.2) is 10.3 Å². The Morgan fingerprint density at radius 3 is 2.44 bits per heavy atom. The van der Waals surface area contributed by atoms with Crippen LogP contribution < -0.4 is 0 Å². The summed E-state index contributed by atoms with van der Waals surface area (Å²) in [5.41, 5.74) is -0.274. The van der Waals surface area contributed by atoms with Crippen molar-refractivity contribution in [2.75, 3.05) is 0 Å². The number of nitro benzene ring substituents is 1.